The molecule has 0 aliphatic rings. The molecule has 6 heteroatoms. The van der Waals surface area contributed by atoms with E-state index in [0.717, 1.165) is 10.0 Å². The third-order valence-electron chi connectivity index (χ3n) is 2.79. The number of aliphatic carboxylic acids is 1. The minimum atomic E-state index is -1.05. The van der Waals surface area contributed by atoms with Crippen LogP contribution in [0.5, 0.6) is 0 Å². The predicted molar refractivity (Wildman–Crippen MR) is 80.4 cm³/mol. The Hall–Kier alpha value is -1.56. The van der Waals surface area contributed by atoms with Gasteiger partial charge >= 0.3 is 12.0 Å². The highest BCUT2D eigenvalue weighted by Crippen LogP contribution is 2.19. The molecule has 20 heavy (non-hydrogen) atoms. The van der Waals surface area contributed by atoms with Crippen LogP contribution in [0, 0.1) is 5.41 Å². The van der Waals surface area contributed by atoms with Crippen LogP contribution in [0.15, 0.2) is 28.7 Å². The zero-order valence-electron chi connectivity index (χ0n) is 11.7. The summed E-state index contributed by atoms with van der Waals surface area (Å²) in [6, 6.07) is 6.07. The molecule has 0 saturated carbocycles. The third kappa shape index (κ3) is 4.85. The molecule has 0 bridgehead atoms. The average Bonchev–Trinajstić information content (AvgIpc) is 2.33. The lowest BCUT2D eigenvalue weighted by Crippen LogP contribution is -2.52. The van der Waals surface area contributed by atoms with E-state index in [0.29, 0.717) is 6.54 Å². The Morgan fingerprint density at radius 3 is 2.40 bits per heavy atom. The quantitative estimate of drug-likeness (QED) is 0.787. The molecule has 5 nitrogen and oxygen atoms in total. The molecular formula is C14H19BrN2O3. The first-order valence-electron chi connectivity index (χ1n) is 6.22. The van der Waals surface area contributed by atoms with Crippen LogP contribution in [-0.4, -0.2) is 23.1 Å². The predicted octanol–water partition coefficient (Wildman–Crippen LogP) is 2.75. The average molecular weight is 343 g/mol. The molecule has 0 unspecified atom stereocenters. The van der Waals surface area contributed by atoms with Gasteiger partial charge in [0.15, 0.2) is 0 Å². The summed E-state index contributed by atoms with van der Waals surface area (Å²) in [5, 5.41) is 14.3. The third-order valence-corrected chi connectivity index (χ3v) is 3.56. The number of carboxylic acid groups (broad SMARTS) is 1. The molecule has 0 spiro atoms. The van der Waals surface area contributed by atoms with E-state index in [2.05, 4.69) is 26.6 Å². The summed E-state index contributed by atoms with van der Waals surface area (Å²) in [5.41, 5.74) is 0.363. The summed E-state index contributed by atoms with van der Waals surface area (Å²) in [6.45, 7) is 5.61. The maximum atomic E-state index is 11.8. The van der Waals surface area contributed by atoms with Crippen molar-refractivity contribution in [2.24, 2.45) is 5.41 Å². The van der Waals surface area contributed by atoms with Crippen molar-refractivity contribution in [3.63, 3.8) is 0 Å². The molecule has 110 valence electrons. The van der Waals surface area contributed by atoms with E-state index >= 15 is 0 Å². The first-order chi connectivity index (χ1) is 9.21. The number of hydrogen-bond acceptors (Lipinski definition) is 2. The van der Waals surface area contributed by atoms with Crippen molar-refractivity contribution >= 4 is 27.9 Å². The Morgan fingerprint density at radius 2 is 1.90 bits per heavy atom. The second-order valence-electron chi connectivity index (χ2n) is 5.56. The number of amides is 2. The van der Waals surface area contributed by atoms with Gasteiger partial charge in [-0.3, -0.25) is 0 Å². The first-order valence-corrected chi connectivity index (χ1v) is 7.01. The number of carbonyl (C=O) groups is 2. The zero-order valence-corrected chi connectivity index (χ0v) is 13.3. The van der Waals surface area contributed by atoms with Crippen molar-refractivity contribution in [1.82, 2.24) is 10.6 Å². The molecule has 0 aromatic heterocycles. The SMILES string of the molecule is CC(C)(C)[C@H](NC(=O)NCc1ccccc1Br)C(=O)O. The normalized spacial score (nSPS) is 12.6. The van der Waals surface area contributed by atoms with Crippen molar-refractivity contribution in [2.45, 2.75) is 33.4 Å². The Balaban J connectivity index is 2.60. The van der Waals surface area contributed by atoms with Crippen LogP contribution in [0.25, 0.3) is 0 Å². The van der Waals surface area contributed by atoms with E-state index in [1.54, 1.807) is 20.8 Å². The Labute approximate surface area is 126 Å². The lowest BCUT2D eigenvalue weighted by Gasteiger charge is -2.27. The van der Waals surface area contributed by atoms with Gasteiger partial charge in [0.1, 0.15) is 6.04 Å². The summed E-state index contributed by atoms with van der Waals surface area (Å²) in [5.74, 6) is -1.05. The van der Waals surface area contributed by atoms with Crippen molar-refractivity contribution in [1.29, 1.82) is 0 Å². The largest absolute Gasteiger partial charge is 0.480 e. The lowest BCUT2D eigenvalue weighted by atomic mass is 9.87. The van der Waals surface area contributed by atoms with Gasteiger partial charge in [-0.1, -0.05) is 54.9 Å². The van der Waals surface area contributed by atoms with E-state index < -0.39 is 23.5 Å². The minimum absolute atomic E-state index is 0.323. The van der Waals surface area contributed by atoms with Crippen LogP contribution in [0.2, 0.25) is 0 Å². The van der Waals surface area contributed by atoms with Crippen molar-refractivity contribution in [3.05, 3.63) is 34.3 Å². The number of benzene rings is 1. The Kier molecular flexibility index (Phi) is 5.56. The molecule has 1 rings (SSSR count). The molecule has 0 fully saturated rings. The van der Waals surface area contributed by atoms with E-state index in [1.165, 1.54) is 0 Å². The van der Waals surface area contributed by atoms with Gasteiger partial charge in [0.2, 0.25) is 0 Å². The topological polar surface area (TPSA) is 78.4 Å². The number of carboxylic acids is 1. The molecule has 0 radical (unpaired) electrons. The highest BCUT2D eigenvalue weighted by Gasteiger charge is 2.32. The number of hydrogen-bond donors (Lipinski definition) is 3. The standard InChI is InChI=1S/C14H19BrN2O3/c1-14(2,3)11(12(18)19)17-13(20)16-8-9-6-4-5-7-10(9)15/h4-7,11H,8H2,1-3H3,(H,18,19)(H2,16,17,20)/t11-/m1/s1. The second kappa shape index (κ2) is 6.74. The second-order valence-corrected chi connectivity index (χ2v) is 6.41. The van der Waals surface area contributed by atoms with Crippen LogP contribution >= 0.6 is 15.9 Å². The fraction of sp³-hybridized carbons (Fsp3) is 0.429. The van der Waals surface area contributed by atoms with Crippen molar-refractivity contribution in [2.75, 3.05) is 0 Å². The smallest absolute Gasteiger partial charge is 0.326 e. The number of halogens is 1. The zero-order chi connectivity index (χ0) is 15.3. The monoisotopic (exact) mass is 342 g/mol. The maximum absolute atomic E-state index is 11.8. The first kappa shape index (κ1) is 16.5. The fourth-order valence-corrected chi connectivity index (χ4v) is 2.07. The van der Waals surface area contributed by atoms with Crippen LogP contribution < -0.4 is 10.6 Å². The van der Waals surface area contributed by atoms with Crippen LogP contribution in [0.1, 0.15) is 26.3 Å². The summed E-state index contributed by atoms with van der Waals surface area (Å²) >= 11 is 3.39. The van der Waals surface area contributed by atoms with Gasteiger partial charge in [0.05, 0.1) is 0 Å². The van der Waals surface area contributed by atoms with Gasteiger partial charge in [-0.25, -0.2) is 9.59 Å². The molecule has 2 amide bonds. The van der Waals surface area contributed by atoms with Gasteiger partial charge in [-0.2, -0.15) is 0 Å². The fourth-order valence-electron chi connectivity index (χ4n) is 1.65. The minimum Gasteiger partial charge on any atom is -0.480 e. The Bertz CT molecular complexity index is 497. The van der Waals surface area contributed by atoms with Gasteiger partial charge in [-0.05, 0) is 17.0 Å². The molecule has 0 saturated heterocycles. The number of carbonyl (C=O) groups excluding carboxylic acids is 1. The highest BCUT2D eigenvalue weighted by atomic mass is 79.9. The lowest BCUT2D eigenvalue weighted by molar-refractivity contribution is -0.141. The summed E-state index contributed by atoms with van der Waals surface area (Å²) in [4.78, 5) is 22.9. The molecule has 3 N–H and O–H groups in total. The maximum Gasteiger partial charge on any atom is 0.326 e. The molecule has 0 aliphatic carbocycles. The van der Waals surface area contributed by atoms with Gasteiger partial charge in [0, 0.05) is 11.0 Å². The van der Waals surface area contributed by atoms with Crippen molar-refractivity contribution in [3.8, 4) is 0 Å². The van der Waals surface area contributed by atoms with Crippen LogP contribution in [0.4, 0.5) is 4.79 Å². The van der Waals surface area contributed by atoms with Gasteiger partial charge in [0.25, 0.3) is 0 Å². The number of rotatable bonds is 4. The van der Waals surface area contributed by atoms with E-state index in [4.69, 9.17) is 5.11 Å². The van der Waals surface area contributed by atoms with Crippen molar-refractivity contribution < 1.29 is 14.7 Å². The highest BCUT2D eigenvalue weighted by molar-refractivity contribution is 9.10. The molecule has 0 heterocycles. The molecule has 0 aliphatic heterocycles. The van der Waals surface area contributed by atoms with E-state index in [9.17, 15) is 9.59 Å². The van der Waals surface area contributed by atoms with E-state index in [-0.39, 0.29) is 0 Å². The molecule has 1 aromatic carbocycles. The van der Waals surface area contributed by atoms with E-state index in [1.807, 2.05) is 24.3 Å². The summed E-state index contributed by atoms with van der Waals surface area (Å²) < 4.78 is 0.894. The van der Waals surface area contributed by atoms with Gasteiger partial charge < -0.3 is 15.7 Å². The number of urea groups is 1. The molecular weight excluding hydrogens is 324 g/mol. The molecule has 1 aromatic rings. The molecule has 1 atom stereocenters. The Morgan fingerprint density at radius 1 is 1.30 bits per heavy atom. The van der Waals surface area contributed by atoms with Crippen LogP contribution in [-0.2, 0) is 11.3 Å². The summed E-state index contributed by atoms with van der Waals surface area (Å²) in [6.07, 6.45) is 0. The number of nitrogens with one attached hydrogen (secondary N) is 2. The van der Waals surface area contributed by atoms with Crippen LogP contribution in [0.3, 0.4) is 0 Å². The summed E-state index contributed by atoms with van der Waals surface area (Å²) in [7, 11) is 0. The van der Waals surface area contributed by atoms with Gasteiger partial charge in [-0.15, -0.1) is 0 Å².